The van der Waals surface area contributed by atoms with Crippen LogP contribution in [0.5, 0.6) is 0 Å². The third kappa shape index (κ3) is 6.20. The lowest BCUT2D eigenvalue weighted by Crippen LogP contribution is -2.23. The standard InChI is InChI=1S/C26H34N4O4/c1-5-20-11-12-23-26(19-13-18(3)14-28-15-19)21(9-7-8-10-25(32)34-6-2)22(29-30(20)23)16-33-17-24(31)27-4/h11-15H,5-10,16-17H2,1-4H3,(H,27,31). The van der Waals surface area contributed by atoms with Crippen molar-refractivity contribution in [2.75, 3.05) is 20.3 Å². The lowest BCUT2D eigenvalue weighted by molar-refractivity contribution is -0.143. The first kappa shape index (κ1) is 25.4. The third-order valence-corrected chi connectivity index (χ3v) is 5.70. The number of amides is 1. The SMILES string of the molecule is CCOC(=O)CCCCc1c(COCC(=O)NC)nn2c(CC)ccc2c1-c1cncc(C)c1. The van der Waals surface area contributed by atoms with Crippen LogP contribution in [-0.2, 0) is 38.5 Å². The number of hydrogen-bond donors (Lipinski definition) is 1. The Morgan fingerprint density at radius 3 is 2.68 bits per heavy atom. The maximum atomic E-state index is 11.8. The first-order valence-corrected chi connectivity index (χ1v) is 11.9. The van der Waals surface area contributed by atoms with Gasteiger partial charge in [-0.15, -0.1) is 0 Å². The second-order valence-electron chi connectivity index (χ2n) is 8.20. The largest absolute Gasteiger partial charge is 0.466 e. The fourth-order valence-corrected chi connectivity index (χ4v) is 4.04. The molecule has 0 spiro atoms. The Morgan fingerprint density at radius 2 is 1.97 bits per heavy atom. The van der Waals surface area contributed by atoms with Gasteiger partial charge in [0.25, 0.3) is 0 Å². The Bertz CT molecular complexity index is 1140. The Morgan fingerprint density at radius 1 is 1.15 bits per heavy atom. The molecular formula is C26H34N4O4. The molecule has 0 atom stereocenters. The van der Waals surface area contributed by atoms with Gasteiger partial charge in [-0.05, 0) is 68.9 Å². The average molecular weight is 467 g/mol. The molecular weight excluding hydrogens is 432 g/mol. The zero-order valence-electron chi connectivity index (χ0n) is 20.5. The summed E-state index contributed by atoms with van der Waals surface area (Å²) in [5.74, 6) is -0.358. The summed E-state index contributed by atoms with van der Waals surface area (Å²) in [5, 5.41) is 7.50. The molecule has 0 unspecified atom stereocenters. The molecule has 3 aromatic heterocycles. The number of pyridine rings is 1. The van der Waals surface area contributed by atoms with E-state index in [1.165, 1.54) is 0 Å². The molecule has 8 heteroatoms. The fraction of sp³-hybridized carbons (Fsp3) is 0.462. The van der Waals surface area contributed by atoms with Crippen molar-refractivity contribution in [3.8, 4) is 11.1 Å². The van der Waals surface area contributed by atoms with Crippen LogP contribution in [0.25, 0.3) is 16.6 Å². The van der Waals surface area contributed by atoms with Crippen LogP contribution in [0.4, 0.5) is 0 Å². The van der Waals surface area contributed by atoms with Gasteiger partial charge < -0.3 is 14.8 Å². The van der Waals surface area contributed by atoms with Crippen LogP contribution >= 0.6 is 0 Å². The molecule has 0 aromatic carbocycles. The molecule has 0 aliphatic heterocycles. The number of nitrogens with zero attached hydrogens (tertiary/aromatic N) is 3. The Hall–Kier alpha value is -3.26. The molecule has 0 aliphatic rings. The van der Waals surface area contributed by atoms with Gasteiger partial charge in [0.2, 0.25) is 5.91 Å². The summed E-state index contributed by atoms with van der Waals surface area (Å²) >= 11 is 0. The van der Waals surface area contributed by atoms with E-state index in [0.717, 1.165) is 64.8 Å². The van der Waals surface area contributed by atoms with E-state index in [9.17, 15) is 9.59 Å². The minimum atomic E-state index is -0.185. The van der Waals surface area contributed by atoms with Crippen LogP contribution in [-0.4, -0.2) is 46.7 Å². The number of hydrogen-bond acceptors (Lipinski definition) is 6. The number of likely N-dealkylation sites (N-methyl/N-ethyl adjacent to an activating group) is 1. The van der Waals surface area contributed by atoms with Crippen LogP contribution in [0.3, 0.4) is 0 Å². The predicted molar refractivity (Wildman–Crippen MR) is 130 cm³/mol. The number of nitrogens with one attached hydrogen (secondary N) is 1. The molecule has 1 N–H and O–H groups in total. The third-order valence-electron chi connectivity index (χ3n) is 5.70. The van der Waals surface area contributed by atoms with Gasteiger partial charge in [-0.1, -0.05) is 6.92 Å². The van der Waals surface area contributed by atoms with Crippen LogP contribution in [0, 0.1) is 6.92 Å². The fourth-order valence-electron chi connectivity index (χ4n) is 4.04. The summed E-state index contributed by atoms with van der Waals surface area (Å²) in [6.45, 7) is 6.51. The summed E-state index contributed by atoms with van der Waals surface area (Å²) in [6.07, 6.45) is 7.17. The number of aromatic nitrogens is 3. The van der Waals surface area contributed by atoms with E-state index in [1.54, 1.807) is 7.05 Å². The van der Waals surface area contributed by atoms with Gasteiger partial charge in [-0.25, -0.2) is 4.52 Å². The second kappa shape index (κ2) is 12.3. The molecule has 0 fully saturated rings. The van der Waals surface area contributed by atoms with Crippen LogP contribution in [0.2, 0.25) is 0 Å². The number of carbonyl (C=O) groups is 2. The molecule has 3 rings (SSSR count). The maximum absolute atomic E-state index is 11.8. The number of carbonyl (C=O) groups excluding carboxylic acids is 2. The molecule has 0 saturated carbocycles. The summed E-state index contributed by atoms with van der Waals surface area (Å²) in [4.78, 5) is 27.9. The highest BCUT2D eigenvalue weighted by atomic mass is 16.5. The first-order valence-electron chi connectivity index (χ1n) is 11.9. The van der Waals surface area contributed by atoms with E-state index in [1.807, 2.05) is 30.8 Å². The summed E-state index contributed by atoms with van der Waals surface area (Å²) < 4.78 is 12.8. The molecule has 182 valence electrons. The van der Waals surface area contributed by atoms with E-state index in [2.05, 4.69) is 35.4 Å². The lowest BCUT2D eigenvalue weighted by atomic mass is 9.95. The quantitative estimate of drug-likeness (QED) is 0.322. The zero-order valence-corrected chi connectivity index (χ0v) is 20.5. The minimum Gasteiger partial charge on any atom is -0.466 e. The highest BCUT2D eigenvalue weighted by molar-refractivity contribution is 5.84. The molecule has 0 saturated heterocycles. The Balaban J connectivity index is 2.03. The molecule has 1 amide bonds. The number of aryl methyl sites for hydroxylation is 2. The molecule has 34 heavy (non-hydrogen) atoms. The number of unbranched alkanes of at least 4 members (excludes halogenated alkanes) is 1. The molecule has 0 radical (unpaired) electrons. The Labute approximate surface area is 200 Å². The van der Waals surface area contributed by atoms with Crippen LogP contribution in [0.15, 0.2) is 30.6 Å². The number of rotatable bonds is 12. The topological polar surface area (TPSA) is 94.8 Å². The van der Waals surface area contributed by atoms with Crippen LogP contribution < -0.4 is 5.32 Å². The highest BCUT2D eigenvalue weighted by Crippen LogP contribution is 2.33. The van der Waals surface area contributed by atoms with Crippen molar-refractivity contribution >= 4 is 17.4 Å². The van der Waals surface area contributed by atoms with Crippen molar-refractivity contribution in [3.63, 3.8) is 0 Å². The summed E-state index contributed by atoms with van der Waals surface area (Å²) in [6, 6.07) is 6.31. The van der Waals surface area contributed by atoms with Crippen molar-refractivity contribution in [1.29, 1.82) is 0 Å². The first-order chi connectivity index (χ1) is 16.5. The molecule has 3 aromatic rings. The second-order valence-corrected chi connectivity index (χ2v) is 8.20. The van der Waals surface area contributed by atoms with Gasteiger partial charge in [-0.3, -0.25) is 14.6 Å². The van der Waals surface area contributed by atoms with Crippen LogP contribution in [0.1, 0.15) is 55.6 Å². The summed E-state index contributed by atoms with van der Waals surface area (Å²) in [5.41, 5.74) is 7.11. The highest BCUT2D eigenvalue weighted by Gasteiger charge is 2.19. The van der Waals surface area contributed by atoms with Gasteiger partial charge in [0.1, 0.15) is 6.61 Å². The molecule has 0 bridgehead atoms. The lowest BCUT2D eigenvalue weighted by Gasteiger charge is -2.18. The average Bonchev–Trinajstić information content (AvgIpc) is 3.24. The minimum absolute atomic E-state index is 0.0356. The van der Waals surface area contributed by atoms with Crippen molar-refractivity contribution < 1.29 is 19.1 Å². The predicted octanol–water partition coefficient (Wildman–Crippen LogP) is 3.81. The molecule has 8 nitrogen and oxygen atoms in total. The zero-order chi connectivity index (χ0) is 24.5. The molecule has 0 aliphatic carbocycles. The van der Waals surface area contributed by atoms with Crippen molar-refractivity contribution in [3.05, 3.63) is 53.1 Å². The van der Waals surface area contributed by atoms with Crippen molar-refractivity contribution in [2.24, 2.45) is 0 Å². The van der Waals surface area contributed by atoms with Crippen molar-refractivity contribution in [2.45, 2.75) is 59.5 Å². The van der Waals surface area contributed by atoms with E-state index in [0.29, 0.717) is 13.0 Å². The normalized spacial score (nSPS) is 11.1. The van der Waals surface area contributed by atoms with E-state index >= 15 is 0 Å². The number of fused-ring (bicyclic) bond motifs is 1. The Kier molecular flexibility index (Phi) is 9.16. The number of ether oxygens (including phenoxy) is 2. The monoisotopic (exact) mass is 466 g/mol. The number of esters is 1. The smallest absolute Gasteiger partial charge is 0.305 e. The van der Waals surface area contributed by atoms with E-state index in [-0.39, 0.29) is 25.1 Å². The maximum Gasteiger partial charge on any atom is 0.305 e. The van der Waals surface area contributed by atoms with Gasteiger partial charge in [0.15, 0.2) is 0 Å². The van der Waals surface area contributed by atoms with Gasteiger partial charge in [0, 0.05) is 42.7 Å². The van der Waals surface area contributed by atoms with E-state index < -0.39 is 0 Å². The molecule has 3 heterocycles. The van der Waals surface area contributed by atoms with Gasteiger partial charge in [-0.2, -0.15) is 5.10 Å². The van der Waals surface area contributed by atoms with E-state index in [4.69, 9.17) is 14.6 Å². The summed E-state index contributed by atoms with van der Waals surface area (Å²) in [7, 11) is 1.58. The van der Waals surface area contributed by atoms with Gasteiger partial charge in [0.05, 0.1) is 24.4 Å². The van der Waals surface area contributed by atoms with Gasteiger partial charge >= 0.3 is 5.97 Å². The van der Waals surface area contributed by atoms with Crippen molar-refractivity contribution in [1.82, 2.24) is 19.9 Å².